The van der Waals surface area contributed by atoms with Gasteiger partial charge < -0.3 is 10.3 Å². The van der Waals surface area contributed by atoms with Gasteiger partial charge in [-0.15, -0.1) is 0 Å². The Balaban J connectivity index is 1.93. The predicted octanol–water partition coefficient (Wildman–Crippen LogP) is 3.58. The first kappa shape index (κ1) is 13.0. The Morgan fingerprint density at radius 2 is 2.35 bits per heavy atom. The Morgan fingerprint density at radius 1 is 1.45 bits per heavy atom. The van der Waals surface area contributed by atoms with Gasteiger partial charge >= 0.3 is 0 Å². The molecule has 0 saturated heterocycles. The van der Waals surface area contributed by atoms with Gasteiger partial charge in [0, 0.05) is 28.7 Å². The number of aromatic nitrogens is 1. The van der Waals surface area contributed by atoms with Gasteiger partial charge in [0.2, 0.25) is 0 Å². The molecule has 0 fully saturated rings. The van der Waals surface area contributed by atoms with Crippen molar-refractivity contribution in [1.82, 2.24) is 10.3 Å². The van der Waals surface area contributed by atoms with E-state index in [1.54, 1.807) is 0 Å². The van der Waals surface area contributed by atoms with Crippen molar-refractivity contribution in [1.29, 1.82) is 5.26 Å². The molecule has 1 heterocycles. The predicted molar refractivity (Wildman–Crippen MR) is 82.3 cm³/mol. The maximum atomic E-state index is 9.05. The standard InChI is InChI=1S/C17H19N3/c1-2-19-14-6-4-13(5-7-14)16-11-20-17-8-3-12(10-18)9-15(16)17/h3-4,8-9,11,14,19-20H,2,5-7H2,1H3. The Morgan fingerprint density at radius 3 is 3.05 bits per heavy atom. The Labute approximate surface area is 119 Å². The first-order valence-corrected chi connectivity index (χ1v) is 7.26. The summed E-state index contributed by atoms with van der Waals surface area (Å²) >= 11 is 0. The fourth-order valence-electron chi connectivity index (χ4n) is 3.01. The number of H-pyrrole nitrogens is 1. The molecule has 20 heavy (non-hydrogen) atoms. The average molecular weight is 265 g/mol. The molecule has 2 N–H and O–H groups in total. The minimum atomic E-state index is 0.614. The van der Waals surface area contributed by atoms with Crippen LogP contribution in [0.1, 0.15) is 37.3 Å². The van der Waals surface area contributed by atoms with Crippen LogP contribution in [0.2, 0.25) is 0 Å². The lowest BCUT2D eigenvalue weighted by molar-refractivity contribution is 0.493. The highest BCUT2D eigenvalue weighted by atomic mass is 14.9. The third kappa shape index (κ3) is 2.35. The van der Waals surface area contributed by atoms with E-state index in [1.165, 1.54) is 17.6 Å². The lowest BCUT2D eigenvalue weighted by Crippen LogP contribution is -2.29. The van der Waals surface area contributed by atoms with Gasteiger partial charge in [-0.2, -0.15) is 5.26 Å². The lowest BCUT2D eigenvalue weighted by atomic mass is 9.90. The summed E-state index contributed by atoms with van der Waals surface area (Å²) in [5.74, 6) is 0. The maximum Gasteiger partial charge on any atom is 0.0991 e. The number of benzene rings is 1. The molecule has 0 saturated carbocycles. The normalized spacial score (nSPS) is 18.8. The number of nitrogens with one attached hydrogen (secondary N) is 2. The van der Waals surface area contributed by atoms with Crippen LogP contribution in [0.4, 0.5) is 0 Å². The molecule has 3 nitrogen and oxygen atoms in total. The quantitative estimate of drug-likeness (QED) is 0.891. The molecule has 102 valence electrons. The summed E-state index contributed by atoms with van der Waals surface area (Å²) in [6.45, 7) is 3.19. The Kier molecular flexibility index (Phi) is 3.58. The molecule has 1 aliphatic carbocycles. The fourth-order valence-corrected chi connectivity index (χ4v) is 3.01. The molecule has 1 unspecified atom stereocenters. The molecule has 3 rings (SSSR count). The van der Waals surface area contributed by atoms with Crippen LogP contribution in [0.15, 0.2) is 30.5 Å². The third-order valence-corrected chi connectivity index (χ3v) is 4.06. The van der Waals surface area contributed by atoms with E-state index in [9.17, 15) is 0 Å². The van der Waals surface area contributed by atoms with Crippen LogP contribution in [0, 0.1) is 11.3 Å². The number of aromatic amines is 1. The van der Waals surface area contributed by atoms with Crippen molar-refractivity contribution in [3.05, 3.63) is 41.6 Å². The van der Waals surface area contributed by atoms with Crippen LogP contribution in [-0.2, 0) is 0 Å². The second kappa shape index (κ2) is 5.52. The molecule has 1 aromatic heterocycles. The second-order valence-corrected chi connectivity index (χ2v) is 5.33. The summed E-state index contributed by atoms with van der Waals surface area (Å²) in [5, 5.41) is 13.7. The zero-order valence-corrected chi connectivity index (χ0v) is 11.7. The van der Waals surface area contributed by atoms with Crippen LogP contribution < -0.4 is 5.32 Å². The van der Waals surface area contributed by atoms with Crippen LogP contribution in [0.25, 0.3) is 16.5 Å². The average Bonchev–Trinajstić information content (AvgIpc) is 2.91. The monoisotopic (exact) mass is 265 g/mol. The largest absolute Gasteiger partial charge is 0.361 e. The van der Waals surface area contributed by atoms with E-state index in [-0.39, 0.29) is 0 Å². The van der Waals surface area contributed by atoms with Crippen LogP contribution in [0.5, 0.6) is 0 Å². The van der Waals surface area contributed by atoms with Gasteiger partial charge in [0.15, 0.2) is 0 Å². The summed E-state index contributed by atoms with van der Waals surface area (Å²) < 4.78 is 0. The number of rotatable bonds is 3. The first-order chi connectivity index (χ1) is 9.81. The van der Waals surface area contributed by atoms with E-state index in [4.69, 9.17) is 5.26 Å². The van der Waals surface area contributed by atoms with Crippen molar-refractivity contribution in [3.63, 3.8) is 0 Å². The van der Waals surface area contributed by atoms with Gasteiger partial charge in [0.05, 0.1) is 11.6 Å². The summed E-state index contributed by atoms with van der Waals surface area (Å²) in [4.78, 5) is 3.31. The van der Waals surface area contributed by atoms with Crippen molar-refractivity contribution in [2.24, 2.45) is 0 Å². The van der Waals surface area contributed by atoms with Crippen LogP contribution in [-0.4, -0.2) is 17.6 Å². The highest BCUT2D eigenvalue weighted by Gasteiger charge is 2.16. The molecule has 0 spiro atoms. The lowest BCUT2D eigenvalue weighted by Gasteiger charge is -2.22. The van der Waals surface area contributed by atoms with E-state index in [0.29, 0.717) is 6.04 Å². The van der Waals surface area contributed by atoms with Crippen LogP contribution >= 0.6 is 0 Å². The molecule has 0 aliphatic heterocycles. The number of nitriles is 1. The van der Waals surface area contributed by atoms with Gasteiger partial charge in [0.25, 0.3) is 0 Å². The molecule has 1 aliphatic rings. The molecule has 3 heteroatoms. The number of allylic oxidation sites excluding steroid dienone is 1. The highest BCUT2D eigenvalue weighted by Crippen LogP contribution is 2.32. The number of hydrogen-bond donors (Lipinski definition) is 2. The van der Waals surface area contributed by atoms with Crippen molar-refractivity contribution < 1.29 is 0 Å². The van der Waals surface area contributed by atoms with Crippen LogP contribution in [0.3, 0.4) is 0 Å². The van der Waals surface area contributed by atoms with Gasteiger partial charge in [-0.05, 0) is 49.6 Å². The molecular weight excluding hydrogens is 246 g/mol. The Bertz CT molecular complexity index is 688. The van der Waals surface area contributed by atoms with E-state index >= 15 is 0 Å². The highest BCUT2D eigenvalue weighted by molar-refractivity contribution is 5.93. The van der Waals surface area contributed by atoms with Gasteiger partial charge in [-0.25, -0.2) is 0 Å². The van der Waals surface area contributed by atoms with E-state index < -0.39 is 0 Å². The van der Waals surface area contributed by atoms with Gasteiger partial charge in [-0.3, -0.25) is 0 Å². The van der Waals surface area contributed by atoms with Gasteiger partial charge in [-0.1, -0.05) is 13.0 Å². The molecule has 1 atom stereocenters. The van der Waals surface area contributed by atoms with E-state index in [0.717, 1.165) is 35.9 Å². The summed E-state index contributed by atoms with van der Waals surface area (Å²) in [7, 11) is 0. The SMILES string of the molecule is CCNC1CC=C(c2c[nH]c3ccc(C#N)cc23)CC1. The zero-order chi connectivity index (χ0) is 13.9. The van der Waals surface area contributed by atoms with Crippen molar-refractivity contribution in [2.45, 2.75) is 32.2 Å². The van der Waals surface area contributed by atoms with Crippen molar-refractivity contribution in [3.8, 4) is 6.07 Å². The molecule has 0 radical (unpaired) electrons. The molecule has 2 aromatic rings. The molecular formula is C17H19N3. The Hall–Kier alpha value is -2.05. The number of hydrogen-bond acceptors (Lipinski definition) is 2. The zero-order valence-electron chi connectivity index (χ0n) is 11.7. The number of fused-ring (bicyclic) bond motifs is 1. The summed E-state index contributed by atoms with van der Waals surface area (Å²) in [6.07, 6.45) is 7.79. The maximum absolute atomic E-state index is 9.05. The number of nitrogens with zero attached hydrogens (tertiary/aromatic N) is 1. The van der Waals surface area contributed by atoms with Crippen molar-refractivity contribution >= 4 is 16.5 Å². The third-order valence-electron chi connectivity index (χ3n) is 4.06. The minimum Gasteiger partial charge on any atom is -0.361 e. The minimum absolute atomic E-state index is 0.614. The molecule has 0 amide bonds. The summed E-state index contributed by atoms with van der Waals surface area (Å²) in [6, 6.07) is 8.67. The van der Waals surface area contributed by atoms with Gasteiger partial charge in [0.1, 0.15) is 0 Å². The molecule has 1 aromatic carbocycles. The molecule has 0 bridgehead atoms. The second-order valence-electron chi connectivity index (χ2n) is 5.33. The van der Waals surface area contributed by atoms with E-state index in [2.05, 4.69) is 35.6 Å². The van der Waals surface area contributed by atoms with E-state index in [1.807, 2.05) is 18.2 Å². The summed E-state index contributed by atoms with van der Waals surface area (Å²) in [5.41, 5.74) is 4.49. The smallest absolute Gasteiger partial charge is 0.0991 e. The first-order valence-electron chi connectivity index (χ1n) is 7.26. The van der Waals surface area contributed by atoms with Crippen molar-refractivity contribution in [2.75, 3.05) is 6.54 Å². The topological polar surface area (TPSA) is 51.6 Å². The fraction of sp³-hybridized carbons (Fsp3) is 0.353.